The maximum absolute atomic E-state index is 12.6. The van der Waals surface area contributed by atoms with Crippen LogP contribution in [0.3, 0.4) is 0 Å². The second-order valence-corrected chi connectivity index (χ2v) is 6.38. The molecule has 6 nitrogen and oxygen atoms in total. The fourth-order valence-corrected chi connectivity index (χ4v) is 4.11. The lowest BCUT2D eigenvalue weighted by Crippen LogP contribution is -2.47. The minimum atomic E-state index is -0.513. The Morgan fingerprint density at radius 1 is 1.17 bits per heavy atom. The van der Waals surface area contributed by atoms with E-state index in [1.807, 2.05) is 19.1 Å². The van der Waals surface area contributed by atoms with E-state index in [4.69, 9.17) is 4.74 Å². The number of hydrogen-bond donors (Lipinski definition) is 1. The van der Waals surface area contributed by atoms with Crippen molar-refractivity contribution in [2.24, 2.45) is 23.7 Å². The van der Waals surface area contributed by atoms with Gasteiger partial charge in [0.15, 0.2) is 0 Å². The number of fused-ring (bicyclic) bond motifs is 5. The largest absolute Gasteiger partial charge is 0.493 e. The summed E-state index contributed by atoms with van der Waals surface area (Å²) in [5, 5.41) is 0.909. The quantitative estimate of drug-likeness (QED) is 0.673. The van der Waals surface area contributed by atoms with Crippen molar-refractivity contribution in [2.45, 2.75) is 13.3 Å². The molecule has 4 rings (SSSR count). The van der Waals surface area contributed by atoms with E-state index in [1.54, 1.807) is 24.3 Å². The van der Waals surface area contributed by atoms with Crippen LogP contribution < -0.4 is 10.2 Å². The molecule has 0 unspecified atom stereocenters. The monoisotopic (exact) mass is 326 g/mol. The molecule has 1 aromatic rings. The molecule has 0 radical (unpaired) electrons. The molecule has 1 aromatic carbocycles. The zero-order valence-corrected chi connectivity index (χ0v) is 13.3. The number of rotatable bonds is 4. The van der Waals surface area contributed by atoms with E-state index >= 15 is 0 Å². The highest BCUT2D eigenvalue weighted by atomic mass is 16.5. The Bertz CT molecular complexity index is 727. The summed E-state index contributed by atoms with van der Waals surface area (Å²) >= 11 is 0. The molecule has 2 fully saturated rings. The van der Waals surface area contributed by atoms with Crippen LogP contribution in [-0.2, 0) is 9.59 Å². The molecule has 3 amide bonds. The lowest BCUT2D eigenvalue weighted by atomic mass is 9.85. The average molecular weight is 326 g/mol. The molecule has 1 heterocycles. The van der Waals surface area contributed by atoms with Crippen LogP contribution in [0.5, 0.6) is 5.75 Å². The van der Waals surface area contributed by atoms with Gasteiger partial charge < -0.3 is 4.74 Å². The summed E-state index contributed by atoms with van der Waals surface area (Å²) in [5.41, 5.74) is 2.78. The lowest BCUT2D eigenvalue weighted by molar-refractivity contribution is -0.143. The van der Waals surface area contributed by atoms with Gasteiger partial charge in [-0.05, 0) is 37.3 Å². The third-order valence-electron chi connectivity index (χ3n) is 5.12. The van der Waals surface area contributed by atoms with Gasteiger partial charge in [0.05, 0.1) is 24.0 Å². The number of carbonyl (C=O) groups excluding carboxylic acids is 3. The molecular formula is C18H18N2O4. The molecule has 1 N–H and O–H groups in total. The maximum Gasteiger partial charge on any atom is 0.274 e. The fourth-order valence-electron chi connectivity index (χ4n) is 4.11. The number of hydrazine groups is 1. The van der Waals surface area contributed by atoms with E-state index in [1.165, 1.54) is 0 Å². The summed E-state index contributed by atoms with van der Waals surface area (Å²) < 4.78 is 5.44. The van der Waals surface area contributed by atoms with E-state index in [-0.39, 0.29) is 35.5 Å². The summed E-state index contributed by atoms with van der Waals surface area (Å²) in [5.74, 6) is -1.10. The van der Waals surface area contributed by atoms with Crippen LogP contribution >= 0.6 is 0 Å². The fraction of sp³-hybridized carbons (Fsp3) is 0.389. The molecular weight excluding hydrogens is 308 g/mol. The molecule has 24 heavy (non-hydrogen) atoms. The van der Waals surface area contributed by atoms with Crippen molar-refractivity contribution in [3.63, 3.8) is 0 Å². The van der Waals surface area contributed by atoms with Crippen LogP contribution in [-0.4, -0.2) is 29.3 Å². The zero-order chi connectivity index (χ0) is 16.8. The average Bonchev–Trinajstić information content (AvgIpc) is 3.25. The van der Waals surface area contributed by atoms with Gasteiger partial charge in [-0.2, -0.15) is 5.01 Å². The minimum Gasteiger partial charge on any atom is -0.493 e. The van der Waals surface area contributed by atoms with Crippen LogP contribution in [0, 0.1) is 23.7 Å². The number of nitrogens with one attached hydrogen (secondary N) is 1. The first-order valence-electron chi connectivity index (χ1n) is 8.20. The molecule has 6 heteroatoms. The van der Waals surface area contributed by atoms with Crippen LogP contribution in [0.25, 0.3) is 0 Å². The molecule has 124 valence electrons. The van der Waals surface area contributed by atoms with Crippen molar-refractivity contribution in [1.29, 1.82) is 0 Å². The normalized spacial score (nSPS) is 30.0. The van der Waals surface area contributed by atoms with Crippen molar-refractivity contribution in [1.82, 2.24) is 10.4 Å². The second kappa shape index (κ2) is 5.47. The molecule has 0 aromatic heterocycles. The Labute approximate surface area is 139 Å². The smallest absolute Gasteiger partial charge is 0.274 e. The Kier molecular flexibility index (Phi) is 3.40. The number of hydrogen-bond acceptors (Lipinski definition) is 4. The number of benzene rings is 1. The molecule has 1 aliphatic heterocycles. The highest BCUT2D eigenvalue weighted by Gasteiger charge is 2.59. The molecule has 1 saturated carbocycles. The van der Waals surface area contributed by atoms with Gasteiger partial charge in [-0.3, -0.25) is 19.8 Å². The third-order valence-corrected chi connectivity index (χ3v) is 5.12. The van der Waals surface area contributed by atoms with Gasteiger partial charge >= 0.3 is 0 Å². The Balaban J connectivity index is 1.55. The highest BCUT2D eigenvalue weighted by Crippen LogP contribution is 2.52. The predicted octanol–water partition coefficient (Wildman–Crippen LogP) is 1.54. The first-order chi connectivity index (χ1) is 11.6. The van der Waals surface area contributed by atoms with Crippen molar-refractivity contribution < 1.29 is 19.1 Å². The highest BCUT2D eigenvalue weighted by molar-refractivity contribution is 6.09. The topological polar surface area (TPSA) is 75.7 Å². The van der Waals surface area contributed by atoms with Gasteiger partial charge in [-0.15, -0.1) is 0 Å². The number of imide groups is 1. The van der Waals surface area contributed by atoms with Gasteiger partial charge in [0.1, 0.15) is 5.75 Å². The SMILES string of the molecule is CCOc1ccccc1C(=O)NN1C(=O)[C@@H]2[C@@H](C1=O)[C@H]1C=C[C@@H]2C1. The van der Waals surface area contributed by atoms with Gasteiger partial charge in [-0.1, -0.05) is 24.3 Å². The predicted molar refractivity (Wildman–Crippen MR) is 84.6 cm³/mol. The molecule has 3 aliphatic rings. The second-order valence-electron chi connectivity index (χ2n) is 6.38. The van der Waals surface area contributed by atoms with Crippen molar-refractivity contribution in [2.75, 3.05) is 6.61 Å². The van der Waals surface area contributed by atoms with Crippen molar-refractivity contribution >= 4 is 17.7 Å². The van der Waals surface area contributed by atoms with E-state index in [2.05, 4.69) is 5.43 Å². The number of para-hydroxylation sites is 1. The summed E-state index contributed by atoms with van der Waals surface area (Å²) in [6.45, 7) is 2.25. The van der Waals surface area contributed by atoms with Crippen LogP contribution in [0.1, 0.15) is 23.7 Å². The third kappa shape index (κ3) is 2.06. The van der Waals surface area contributed by atoms with E-state index in [0.29, 0.717) is 17.9 Å². The van der Waals surface area contributed by atoms with Gasteiger partial charge in [-0.25, -0.2) is 0 Å². The molecule has 0 spiro atoms. The molecule has 2 aliphatic carbocycles. The molecule has 1 saturated heterocycles. The van der Waals surface area contributed by atoms with Crippen molar-refractivity contribution in [3.8, 4) is 5.75 Å². The lowest BCUT2D eigenvalue weighted by Gasteiger charge is -2.19. The number of carbonyl (C=O) groups is 3. The van der Waals surface area contributed by atoms with Gasteiger partial charge in [0.25, 0.3) is 17.7 Å². The van der Waals surface area contributed by atoms with E-state index in [9.17, 15) is 14.4 Å². The summed E-state index contributed by atoms with van der Waals surface area (Å²) in [6, 6.07) is 6.77. The summed E-state index contributed by atoms with van der Waals surface area (Å²) in [7, 11) is 0. The zero-order valence-electron chi connectivity index (χ0n) is 13.3. The van der Waals surface area contributed by atoms with Gasteiger partial charge in [0.2, 0.25) is 0 Å². The summed E-state index contributed by atoms with van der Waals surface area (Å²) in [6.07, 6.45) is 4.90. The maximum atomic E-state index is 12.6. The Morgan fingerprint density at radius 3 is 2.42 bits per heavy atom. The minimum absolute atomic E-state index is 0.120. The first kappa shape index (κ1) is 14.9. The number of ether oxygens (including phenoxy) is 1. The van der Waals surface area contributed by atoms with Crippen LogP contribution in [0.4, 0.5) is 0 Å². The van der Waals surface area contributed by atoms with Crippen molar-refractivity contribution in [3.05, 3.63) is 42.0 Å². The number of amides is 3. The number of allylic oxidation sites excluding steroid dienone is 2. The summed E-state index contributed by atoms with van der Waals surface area (Å²) in [4.78, 5) is 37.7. The van der Waals surface area contributed by atoms with E-state index in [0.717, 1.165) is 11.4 Å². The number of nitrogens with zero attached hydrogens (tertiary/aromatic N) is 1. The first-order valence-corrected chi connectivity index (χ1v) is 8.20. The molecule has 2 bridgehead atoms. The van der Waals surface area contributed by atoms with Crippen LogP contribution in [0.2, 0.25) is 0 Å². The Hall–Kier alpha value is -2.63. The molecule has 4 atom stereocenters. The Morgan fingerprint density at radius 2 is 1.79 bits per heavy atom. The van der Waals surface area contributed by atoms with Crippen LogP contribution in [0.15, 0.2) is 36.4 Å². The van der Waals surface area contributed by atoms with Gasteiger partial charge in [0, 0.05) is 0 Å². The standard InChI is InChI=1S/C18H18N2O4/c1-2-24-13-6-4-3-5-12(13)16(21)19-20-17(22)14-10-7-8-11(9-10)15(14)18(20)23/h3-8,10-11,14-15H,2,9H2,1H3,(H,19,21)/t10-,11+,14-,15-/m0/s1. The van der Waals surface area contributed by atoms with E-state index < -0.39 is 5.91 Å².